The molecular formula is C22H22FNO2S. The van der Waals surface area contributed by atoms with Crippen molar-refractivity contribution in [1.82, 2.24) is 4.53 Å². The lowest BCUT2D eigenvalue weighted by atomic mass is 10.0. The van der Waals surface area contributed by atoms with Crippen molar-refractivity contribution in [2.45, 2.75) is 24.2 Å². The van der Waals surface area contributed by atoms with E-state index in [2.05, 4.69) is 36.4 Å². The minimum Gasteiger partial charge on any atom is -0.205 e. The van der Waals surface area contributed by atoms with E-state index in [4.69, 9.17) is 0 Å². The molecule has 0 saturated heterocycles. The molecule has 0 aromatic heterocycles. The maximum Gasteiger partial charge on any atom is 0.269 e. The molecule has 3 aromatic carbocycles. The fourth-order valence-electron chi connectivity index (χ4n) is 2.89. The maximum absolute atomic E-state index is 14.1. The van der Waals surface area contributed by atoms with E-state index in [9.17, 15) is 12.9 Å². The summed E-state index contributed by atoms with van der Waals surface area (Å²) in [5, 5.41) is 0. The fraction of sp³-hybridized carbons (Fsp3) is 0.182. The van der Waals surface area contributed by atoms with Crippen molar-refractivity contribution >= 4 is 10.0 Å². The van der Waals surface area contributed by atoms with Gasteiger partial charge >= 0.3 is 0 Å². The van der Waals surface area contributed by atoms with Gasteiger partial charge in [0.1, 0.15) is 0 Å². The minimum atomic E-state index is -4.05. The van der Waals surface area contributed by atoms with Gasteiger partial charge in [-0.2, -0.15) is 0 Å². The molecule has 0 saturated carbocycles. The van der Waals surface area contributed by atoms with Crippen LogP contribution in [0.1, 0.15) is 18.4 Å². The molecule has 5 heteroatoms. The first kappa shape index (κ1) is 19.3. The number of rotatable bonds is 8. The molecule has 0 atom stereocenters. The molecule has 0 aliphatic carbocycles. The van der Waals surface area contributed by atoms with Crippen LogP contribution < -0.4 is 0 Å². The molecule has 0 fully saturated rings. The Hall–Kier alpha value is -2.50. The molecule has 27 heavy (non-hydrogen) atoms. The lowest BCUT2D eigenvalue weighted by Crippen LogP contribution is -2.24. The summed E-state index contributed by atoms with van der Waals surface area (Å²) in [5.74, 6) is 0. The zero-order valence-electron chi connectivity index (χ0n) is 15.0. The predicted molar refractivity (Wildman–Crippen MR) is 106 cm³/mol. The van der Waals surface area contributed by atoms with E-state index < -0.39 is 10.0 Å². The monoisotopic (exact) mass is 383 g/mol. The van der Waals surface area contributed by atoms with Gasteiger partial charge in [0.2, 0.25) is 0 Å². The predicted octanol–water partition coefficient (Wildman–Crippen LogP) is 5.25. The van der Waals surface area contributed by atoms with Gasteiger partial charge in [-0.05, 0) is 52.6 Å². The van der Waals surface area contributed by atoms with Gasteiger partial charge in [0.25, 0.3) is 10.0 Å². The summed E-state index contributed by atoms with van der Waals surface area (Å²) in [6.07, 6.45) is 1.96. The number of nitrogens with zero attached hydrogens (tertiary/aromatic N) is 1. The summed E-state index contributed by atoms with van der Waals surface area (Å²) in [6, 6.07) is 26.1. The summed E-state index contributed by atoms with van der Waals surface area (Å²) in [5.41, 5.74) is 3.48. The molecule has 0 bridgehead atoms. The standard InChI is InChI=1S/C22H22FNO2S/c23-24(27(25,26)22-12-5-2-6-13-22)18-8-7-9-19-14-16-21(17-15-19)20-10-3-1-4-11-20/h1-6,10-17H,7-9,18H2. The summed E-state index contributed by atoms with van der Waals surface area (Å²) in [4.78, 5) is -0.0241. The van der Waals surface area contributed by atoms with Gasteiger partial charge in [0.15, 0.2) is 0 Å². The van der Waals surface area contributed by atoms with Gasteiger partial charge in [-0.3, -0.25) is 0 Å². The van der Waals surface area contributed by atoms with Crippen molar-refractivity contribution in [2.24, 2.45) is 0 Å². The van der Waals surface area contributed by atoms with Crippen LogP contribution in [0.2, 0.25) is 0 Å². The molecule has 0 amide bonds. The number of halogens is 1. The molecule has 0 aliphatic heterocycles. The van der Waals surface area contributed by atoms with Crippen LogP contribution in [0, 0.1) is 0 Å². The van der Waals surface area contributed by atoms with Crippen LogP contribution in [-0.2, 0) is 16.4 Å². The van der Waals surface area contributed by atoms with Gasteiger partial charge in [-0.25, -0.2) is 8.42 Å². The normalized spacial score (nSPS) is 11.6. The van der Waals surface area contributed by atoms with E-state index >= 15 is 0 Å². The summed E-state index contributed by atoms with van der Waals surface area (Å²) in [6.45, 7) is -0.140. The quantitative estimate of drug-likeness (QED) is 0.393. The first-order valence-electron chi connectivity index (χ1n) is 8.95. The third-order valence-electron chi connectivity index (χ3n) is 4.41. The topological polar surface area (TPSA) is 37.4 Å². The Bertz CT molecular complexity index is 943. The molecule has 3 aromatic rings. The number of hydrogen-bond acceptors (Lipinski definition) is 2. The second kappa shape index (κ2) is 8.93. The molecule has 0 spiro atoms. The highest BCUT2D eigenvalue weighted by atomic mass is 32.2. The minimum absolute atomic E-state index is 0.0241. The van der Waals surface area contributed by atoms with Crippen molar-refractivity contribution < 1.29 is 12.9 Å². The summed E-state index contributed by atoms with van der Waals surface area (Å²) >= 11 is 0. The third-order valence-corrected chi connectivity index (χ3v) is 5.98. The van der Waals surface area contributed by atoms with Gasteiger partial charge in [-0.1, -0.05) is 72.8 Å². The maximum atomic E-state index is 14.1. The van der Waals surface area contributed by atoms with Gasteiger partial charge in [0.05, 0.1) is 4.90 Å². The van der Waals surface area contributed by atoms with E-state index in [0.29, 0.717) is 6.42 Å². The molecule has 0 radical (unpaired) electrons. The first-order valence-corrected chi connectivity index (χ1v) is 10.4. The van der Waals surface area contributed by atoms with Crippen LogP contribution >= 0.6 is 0 Å². The van der Waals surface area contributed by atoms with Crippen LogP contribution in [0.15, 0.2) is 89.8 Å². The Morgan fingerprint density at radius 3 is 1.89 bits per heavy atom. The molecule has 0 N–H and O–H groups in total. The second-order valence-electron chi connectivity index (χ2n) is 6.35. The van der Waals surface area contributed by atoms with Gasteiger partial charge < -0.3 is 0 Å². The Morgan fingerprint density at radius 1 is 0.704 bits per heavy atom. The van der Waals surface area contributed by atoms with Crippen molar-refractivity contribution in [3.8, 4) is 11.1 Å². The smallest absolute Gasteiger partial charge is 0.205 e. The van der Waals surface area contributed by atoms with Crippen LogP contribution in [0.5, 0.6) is 0 Å². The molecule has 0 heterocycles. The third kappa shape index (κ3) is 5.02. The number of sulfonamides is 1. The number of aryl methyl sites for hydroxylation is 1. The van der Waals surface area contributed by atoms with Crippen molar-refractivity contribution in [2.75, 3.05) is 6.54 Å². The zero-order chi connectivity index (χ0) is 19.1. The molecule has 0 aliphatic rings. The molecular weight excluding hydrogens is 361 g/mol. The second-order valence-corrected chi connectivity index (χ2v) is 8.17. The Balaban J connectivity index is 1.49. The van der Waals surface area contributed by atoms with E-state index in [0.717, 1.165) is 24.0 Å². The number of benzene rings is 3. The largest absolute Gasteiger partial charge is 0.269 e. The lowest BCUT2D eigenvalue weighted by molar-refractivity contribution is 0.136. The molecule has 3 nitrogen and oxygen atoms in total. The number of hydrogen-bond donors (Lipinski definition) is 0. The molecule has 140 valence electrons. The molecule has 3 rings (SSSR count). The Kier molecular flexibility index (Phi) is 6.37. The van der Waals surface area contributed by atoms with E-state index in [1.165, 1.54) is 17.7 Å². The van der Waals surface area contributed by atoms with Gasteiger partial charge in [0, 0.05) is 6.54 Å². The van der Waals surface area contributed by atoms with Crippen LogP contribution in [0.4, 0.5) is 4.48 Å². The zero-order valence-corrected chi connectivity index (χ0v) is 15.8. The van der Waals surface area contributed by atoms with Crippen molar-refractivity contribution in [1.29, 1.82) is 0 Å². The van der Waals surface area contributed by atoms with Crippen LogP contribution in [-0.4, -0.2) is 19.5 Å². The molecule has 0 unspecified atom stereocenters. The van der Waals surface area contributed by atoms with E-state index in [-0.39, 0.29) is 16.0 Å². The average Bonchev–Trinajstić information content (AvgIpc) is 2.72. The Labute approximate surface area is 160 Å². The fourth-order valence-corrected chi connectivity index (χ4v) is 3.99. The van der Waals surface area contributed by atoms with E-state index in [1.54, 1.807) is 18.2 Å². The number of unbranched alkanes of at least 4 members (excludes halogenated alkanes) is 1. The highest BCUT2D eigenvalue weighted by Gasteiger charge is 2.23. The van der Waals surface area contributed by atoms with E-state index in [1.807, 2.05) is 18.2 Å². The SMILES string of the molecule is O=S(=O)(c1ccccc1)N(F)CCCCc1ccc(-c2ccccc2)cc1. The summed E-state index contributed by atoms with van der Waals surface area (Å²) in [7, 11) is -4.05. The highest BCUT2D eigenvalue weighted by molar-refractivity contribution is 7.89. The summed E-state index contributed by atoms with van der Waals surface area (Å²) < 4.78 is 38.3. The van der Waals surface area contributed by atoms with Crippen molar-refractivity contribution in [3.05, 3.63) is 90.5 Å². The highest BCUT2D eigenvalue weighted by Crippen LogP contribution is 2.20. The lowest BCUT2D eigenvalue weighted by Gasteiger charge is -2.12. The first-order chi connectivity index (χ1) is 13.1. The average molecular weight is 383 g/mol. The van der Waals surface area contributed by atoms with Crippen LogP contribution in [0.3, 0.4) is 0 Å². The van der Waals surface area contributed by atoms with Crippen molar-refractivity contribution in [3.63, 3.8) is 0 Å². The Morgan fingerprint density at radius 2 is 1.26 bits per heavy atom. The van der Waals surface area contributed by atoms with Crippen LogP contribution in [0.25, 0.3) is 11.1 Å². The van der Waals surface area contributed by atoms with Gasteiger partial charge in [-0.15, -0.1) is 4.48 Å².